The van der Waals surface area contributed by atoms with E-state index in [0.717, 1.165) is 29.7 Å². The van der Waals surface area contributed by atoms with Crippen LogP contribution in [0.3, 0.4) is 0 Å². The van der Waals surface area contributed by atoms with Crippen LogP contribution in [0, 0.1) is 17.2 Å². The summed E-state index contributed by atoms with van der Waals surface area (Å²) in [6.45, 7) is 0. The highest BCUT2D eigenvalue weighted by Gasteiger charge is 2.30. The van der Waals surface area contributed by atoms with E-state index in [2.05, 4.69) is 11.2 Å². The minimum atomic E-state index is 0.634. The van der Waals surface area contributed by atoms with E-state index in [-0.39, 0.29) is 0 Å². The van der Waals surface area contributed by atoms with Gasteiger partial charge in [0.2, 0.25) is 0 Å². The molecule has 0 aliphatic heterocycles. The van der Waals surface area contributed by atoms with Gasteiger partial charge in [0.15, 0.2) is 0 Å². The van der Waals surface area contributed by atoms with Gasteiger partial charge >= 0.3 is 0 Å². The van der Waals surface area contributed by atoms with Gasteiger partial charge in [-0.1, -0.05) is 35.7 Å². The van der Waals surface area contributed by atoms with Crippen LogP contribution in [-0.2, 0) is 0 Å². The van der Waals surface area contributed by atoms with Crippen LogP contribution in [0.25, 0.3) is 5.57 Å². The van der Waals surface area contributed by atoms with Crippen molar-refractivity contribution in [2.45, 2.75) is 38.5 Å². The third-order valence-electron chi connectivity index (χ3n) is 4.49. The summed E-state index contributed by atoms with van der Waals surface area (Å²) in [7, 11) is 0. The highest BCUT2D eigenvalue weighted by Crippen LogP contribution is 2.42. The average Bonchev–Trinajstić information content (AvgIpc) is 3.15. The first-order valence-electron chi connectivity index (χ1n) is 7.28. The summed E-state index contributed by atoms with van der Waals surface area (Å²) in [6.07, 6.45) is 6.89. The molecule has 1 fully saturated rings. The number of rotatable bonds is 2. The Morgan fingerprint density at radius 3 is 2.70 bits per heavy atom. The molecule has 0 atom stereocenters. The summed E-state index contributed by atoms with van der Waals surface area (Å²) < 4.78 is 0. The number of oxime groups is 1. The number of hydrogen-bond acceptors (Lipinski definition) is 3. The topological polar surface area (TPSA) is 56.4 Å². The van der Waals surface area contributed by atoms with Crippen molar-refractivity contribution < 1.29 is 5.21 Å². The molecule has 3 rings (SSSR count). The van der Waals surface area contributed by atoms with Crippen LogP contribution in [0.1, 0.15) is 49.7 Å². The molecular weight excluding hydrogens is 248 g/mol. The summed E-state index contributed by atoms with van der Waals surface area (Å²) in [6, 6.07) is 9.81. The molecule has 0 bridgehead atoms. The molecule has 1 aromatic carbocycles. The Bertz CT molecular complexity index is 616. The molecule has 20 heavy (non-hydrogen) atoms. The van der Waals surface area contributed by atoms with Gasteiger partial charge in [-0.2, -0.15) is 5.26 Å². The third-order valence-corrected chi connectivity index (χ3v) is 4.49. The molecule has 1 saturated carbocycles. The van der Waals surface area contributed by atoms with Crippen molar-refractivity contribution in [1.29, 1.82) is 5.26 Å². The van der Waals surface area contributed by atoms with Gasteiger partial charge in [-0.3, -0.25) is 0 Å². The Morgan fingerprint density at radius 1 is 1.20 bits per heavy atom. The van der Waals surface area contributed by atoms with Gasteiger partial charge < -0.3 is 5.21 Å². The Labute approximate surface area is 119 Å². The fourth-order valence-corrected chi connectivity index (χ4v) is 3.57. The fraction of sp³-hybridized carbons (Fsp3) is 0.412. The fourth-order valence-electron chi connectivity index (χ4n) is 3.57. The highest BCUT2D eigenvalue weighted by molar-refractivity contribution is 6.26. The van der Waals surface area contributed by atoms with Crippen molar-refractivity contribution in [2.24, 2.45) is 11.1 Å². The maximum absolute atomic E-state index is 9.27. The SMILES string of the molecule is N#Cc1cccc(C2=C(C3CCCC3)CCC2=NO)c1. The lowest BCUT2D eigenvalue weighted by Crippen LogP contribution is -2.02. The maximum Gasteiger partial charge on any atom is 0.0991 e. The second-order valence-electron chi connectivity index (χ2n) is 5.62. The minimum absolute atomic E-state index is 0.634. The third kappa shape index (κ3) is 2.22. The van der Waals surface area contributed by atoms with Crippen LogP contribution < -0.4 is 0 Å². The average molecular weight is 266 g/mol. The first-order valence-corrected chi connectivity index (χ1v) is 7.28. The zero-order chi connectivity index (χ0) is 13.9. The standard InChI is InChI=1S/C17H18N2O/c18-11-12-4-3-7-14(10-12)17-15(8-9-16(17)19-20)13-5-1-2-6-13/h3-4,7,10,13,20H,1-2,5-6,8-9H2. The van der Waals surface area contributed by atoms with Crippen molar-refractivity contribution in [2.75, 3.05) is 0 Å². The molecule has 3 nitrogen and oxygen atoms in total. The summed E-state index contributed by atoms with van der Waals surface area (Å²) in [4.78, 5) is 0. The van der Waals surface area contributed by atoms with Gasteiger partial charge in [-0.25, -0.2) is 0 Å². The summed E-state index contributed by atoms with van der Waals surface area (Å²) in [5.74, 6) is 0.634. The number of hydrogen-bond donors (Lipinski definition) is 1. The van der Waals surface area contributed by atoms with Crippen molar-refractivity contribution in [1.82, 2.24) is 0 Å². The predicted molar refractivity (Wildman–Crippen MR) is 78.5 cm³/mol. The quantitative estimate of drug-likeness (QED) is 0.646. The number of nitrogens with zero attached hydrogens (tertiary/aromatic N) is 2. The molecule has 2 aliphatic rings. The van der Waals surface area contributed by atoms with E-state index < -0.39 is 0 Å². The van der Waals surface area contributed by atoms with Crippen molar-refractivity contribution >= 4 is 11.3 Å². The van der Waals surface area contributed by atoms with Crippen molar-refractivity contribution in [3.05, 3.63) is 41.0 Å². The Morgan fingerprint density at radius 2 is 2.00 bits per heavy atom. The smallest absolute Gasteiger partial charge is 0.0991 e. The summed E-state index contributed by atoms with van der Waals surface area (Å²) >= 11 is 0. The van der Waals surface area contributed by atoms with E-state index in [1.807, 2.05) is 24.3 Å². The molecule has 0 saturated heterocycles. The molecule has 0 heterocycles. The first-order chi connectivity index (χ1) is 9.83. The van der Waals surface area contributed by atoms with Crippen LogP contribution >= 0.6 is 0 Å². The Hall–Kier alpha value is -2.08. The number of benzene rings is 1. The highest BCUT2D eigenvalue weighted by atomic mass is 16.4. The molecule has 102 valence electrons. The summed E-state index contributed by atoms with van der Waals surface area (Å²) in [5, 5.41) is 21.8. The van der Waals surface area contributed by atoms with Gasteiger partial charge in [0.05, 0.1) is 17.3 Å². The molecule has 2 aliphatic carbocycles. The predicted octanol–water partition coefficient (Wildman–Crippen LogP) is 4.13. The van der Waals surface area contributed by atoms with E-state index in [0.29, 0.717) is 11.5 Å². The van der Waals surface area contributed by atoms with Gasteiger partial charge in [-0.15, -0.1) is 0 Å². The lowest BCUT2D eigenvalue weighted by molar-refractivity contribution is 0.319. The van der Waals surface area contributed by atoms with Gasteiger partial charge in [0.1, 0.15) is 0 Å². The van der Waals surface area contributed by atoms with Gasteiger partial charge in [0, 0.05) is 5.57 Å². The van der Waals surface area contributed by atoms with Crippen LogP contribution in [0.5, 0.6) is 0 Å². The monoisotopic (exact) mass is 266 g/mol. The lowest BCUT2D eigenvalue weighted by atomic mass is 9.90. The Kier molecular flexibility index (Phi) is 3.56. The molecule has 0 aromatic heterocycles. The molecule has 0 amide bonds. The molecule has 1 N–H and O–H groups in total. The molecule has 0 radical (unpaired) electrons. The number of allylic oxidation sites excluding steroid dienone is 2. The second-order valence-corrected chi connectivity index (χ2v) is 5.62. The van der Waals surface area contributed by atoms with Crippen molar-refractivity contribution in [3.63, 3.8) is 0 Å². The van der Waals surface area contributed by atoms with Crippen LogP contribution in [0.2, 0.25) is 0 Å². The van der Waals surface area contributed by atoms with E-state index >= 15 is 0 Å². The van der Waals surface area contributed by atoms with Gasteiger partial charge in [0.25, 0.3) is 0 Å². The second kappa shape index (κ2) is 5.50. The van der Waals surface area contributed by atoms with Crippen LogP contribution in [-0.4, -0.2) is 10.9 Å². The Balaban J connectivity index is 2.08. The normalized spacial score (nSPS) is 21.6. The number of nitriles is 1. The molecule has 0 unspecified atom stereocenters. The summed E-state index contributed by atoms with van der Waals surface area (Å²) in [5.41, 5.74) is 4.99. The van der Waals surface area contributed by atoms with Crippen LogP contribution in [0.4, 0.5) is 0 Å². The van der Waals surface area contributed by atoms with Crippen molar-refractivity contribution in [3.8, 4) is 6.07 Å². The van der Waals surface area contributed by atoms with Gasteiger partial charge in [-0.05, 0) is 49.3 Å². The molecule has 3 heteroatoms. The first kappa shape index (κ1) is 12.9. The molecule has 0 spiro atoms. The largest absolute Gasteiger partial charge is 0.411 e. The lowest BCUT2D eigenvalue weighted by Gasteiger charge is -2.14. The molecular formula is C17H18N2O. The van der Waals surface area contributed by atoms with E-state index in [4.69, 9.17) is 5.26 Å². The minimum Gasteiger partial charge on any atom is -0.411 e. The van der Waals surface area contributed by atoms with E-state index in [9.17, 15) is 5.21 Å². The maximum atomic E-state index is 9.27. The van der Waals surface area contributed by atoms with E-state index in [1.165, 1.54) is 31.3 Å². The zero-order valence-corrected chi connectivity index (χ0v) is 11.5. The molecule has 1 aromatic rings. The van der Waals surface area contributed by atoms with Crippen LogP contribution in [0.15, 0.2) is 35.0 Å². The van der Waals surface area contributed by atoms with E-state index in [1.54, 1.807) is 0 Å². The zero-order valence-electron chi connectivity index (χ0n) is 11.5.